The number of pyridine rings is 1. The summed E-state index contributed by atoms with van der Waals surface area (Å²) in [4.78, 5) is 4.39. The Labute approximate surface area is 102 Å². The Morgan fingerprint density at radius 1 is 1.12 bits per heavy atom. The van der Waals surface area contributed by atoms with Crippen molar-refractivity contribution >= 4 is 0 Å². The van der Waals surface area contributed by atoms with Gasteiger partial charge in [-0.3, -0.25) is 4.98 Å². The molecule has 0 saturated heterocycles. The monoisotopic (exact) mass is 227 g/mol. The Bertz CT molecular complexity index is 489. The van der Waals surface area contributed by atoms with Gasteiger partial charge in [-0.15, -0.1) is 0 Å². The highest BCUT2D eigenvalue weighted by atomic mass is 16.3. The van der Waals surface area contributed by atoms with Crippen LogP contribution in [0.2, 0.25) is 0 Å². The average Bonchev–Trinajstić information content (AvgIpc) is 2.39. The van der Waals surface area contributed by atoms with Gasteiger partial charge in [0.1, 0.15) is 0 Å². The summed E-state index contributed by atoms with van der Waals surface area (Å²) in [5.41, 5.74) is 4.29. The van der Waals surface area contributed by atoms with Crippen molar-refractivity contribution < 1.29 is 5.11 Å². The largest absolute Gasteiger partial charge is 0.392 e. The maximum atomic E-state index is 9.00. The molecule has 2 heteroatoms. The molecule has 0 atom stereocenters. The summed E-state index contributed by atoms with van der Waals surface area (Å²) in [6.07, 6.45) is 1.85. The van der Waals surface area contributed by atoms with Gasteiger partial charge in [-0.05, 0) is 29.2 Å². The first-order chi connectivity index (χ1) is 8.20. The number of hydrogen-bond acceptors (Lipinski definition) is 2. The number of aromatic nitrogens is 1. The Balaban J connectivity index is 2.35. The van der Waals surface area contributed by atoms with Crippen molar-refractivity contribution in [2.24, 2.45) is 0 Å². The number of benzene rings is 1. The highest BCUT2D eigenvalue weighted by Gasteiger charge is 2.03. The Kier molecular flexibility index (Phi) is 3.55. The summed E-state index contributed by atoms with van der Waals surface area (Å²) < 4.78 is 0. The molecule has 88 valence electrons. The summed E-state index contributed by atoms with van der Waals surface area (Å²) in [7, 11) is 0. The zero-order chi connectivity index (χ0) is 12.3. The van der Waals surface area contributed by atoms with Crippen molar-refractivity contribution in [3.05, 3.63) is 53.7 Å². The van der Waals surface area contributed by atoms with Gasteiger partial charge in [0.05, 0.1) is 12.3 Å². The van der Waals surface area contributed by atoms with Crippen LogP contribution in [0.4, 0.5) is 0 Å². The molecule has 2 rings (SSSR count). The minimum absolute atomic E-state index is 0.0831. The zero-order valence-corrected chi connectivity index (χ0v) is 10.2. The van der Waals surface area contributed by atoms with Gasteiger partial charge in [0, 0.05) is 11.8 Å². The number of aliphatic hydroxyl groups is 1. The molecule has 1 aromatic heterocycles. The fourth-order valence-electron chi connectivity index (χ4n) is 1.74. The van der Waals surface area contributed by atoms with Crippen LogP contribution in [0.25, 0.3) is 11.3 Å². The van der Waals surface area contributed by atoms with Crippen LogP contribution in [0.15, 0.2) is 42.6 Å². The summed E-state index contributed by atoms with van der Waals surface area (Å²) >= 11 is 0. The lowest BCUT2D eigenvalue weighted by molar-refractivity contribution is 0.282. The second-order valence-electron chi connectivity index (χ2n) is 4.48. The summed E-state index contributed by atoms with van der Waals surface area (Å²) in [5, 5.41) is 9.00. The minimum atomic E-state index is 0.0831. The van der Waals surface area contributed by atoms with E-state index in [2.05, 4.69) is 31.0 Å². The molecule has 0 aliphatic heterocycles. The number of rotatable bonds is 3. The maximum absolute atomic E-state index is 9.00. The molecule has 1 aromatic carbocycles. The second kappa shape index (κ2) is 5.11. The first-order valence-corrected chi connectivity index (χ1v) is 5.87. The molecule has 1 N–H and O–H groups in total. The van der Waals surface area contributed by atoms with Gasteiger partial charge in [-0.2, -0.15) is 0 Å². The van der Waals surface area contributed by atoms with Crippen molar-refractivity contribution in [1.82, 2.24) is 4.98 Å². The smallest absolute Gasteiger partial charge is 0.0704 e. The first-order valence-electron chi connectivity index (χ1n) is 5.87. The van der Waals surface area contributed by atoms with Gasteiger partial charge in [0.25, 0.3) is 0 Å². The van der Waals surface area contributed by atoms with Crippen LogP contribution in [-0.4, -0.2) is 10.1 Å². The highest BCUT2D eigenvalue weighted by molar-refractivity contribution is 5.60. The molecule has 2 nitrogen and oxygen atoms in total. The summed E-state index contributed by atoms with van der Waals surface area (Å²) in [6.45, 7) is 4.43. The molecule has 0 fully saturated rings. The van der Waals surface area contributed by atoms with E-state index in [9.17, 15) is 0 Å². The molecule has 0 spiro atoms. The molecule has 1 heterocycles. The van der Waals surface area contributed by atoms with Crippen molar-refractivity contribution in [2.75, 3.05) is 0 Å². The van der Waals surface area contributed by atoms with Crippen molar-refractivity contribution in [3.63, 3.8) is 0 Å². The lowest BCUT2D eigenvalue weighted by Gasteiger charge is -2.07. The van der Waals surface area contributed by atoms with Crippen molar-refractivity contribution in [2.45, 2.75) is 26.4 Å². The molecule has 0 radical (unpaired) electrons. The Hall–Kier alpha value is -1.67. The van der Waals surface area contributed by atoms with Crippen LogP contribution in [0.5, 0.6) is 0 Å². The predicted octanol–water partition coefficient (Wildman–Crippen LogP) is 3.36. The quantitative estimate of drug-likeness (QED) is 0.872. The van der Waals surface area contributed by atoms with E-state index in [1.54, 1.807) is 0 Å². The third-order valence-electron chi connectivity index (χ3n) is 2.88. The minimum Gasteiger partial charge on any atom is -0.392 e. The van der Waals surface area contributed by atoms with E-state index in [1.807, 2.05) is 30.5 Å². The molecule has 0 unspecified atom stereocenters. The van der Waals surface area contributed by atoms with Gasteiger partial charge >= 0.3 is 0 Å². The van der Waals surface area contributed by atoms with Crippen molar-refractivity contribution in [1.29, 1.82) is 0 Å². The van der Waals surface area contributed by atoms with Crippen LogP contribution >= 0.6 is 0 Å². The van der Waals surface area contributed by atoms with E-state index < -0.39 is 0 Å². The molecular formula is C15H17NO. The molecule has 2 aromatic rings. The summed E-state index contributed by atoms with van der Waals surface area (Å²) in [5.74, 6) is 0.508. The standard InChI is InChI=1S/C15H17NO/c1-11(2)14-7-8-16-15(9-14)13-5-3-12(10-17)4-6-13/h3-9,11,17H,10H2,1-2H3. The Morgan fingerprint density at radius 3 is 2.41 bits per heavy atom. The molecule has 17 heavy (non-hydrogen) atoms. The molecule has 0 saturated carbocycles. The fraction of sp³-hybridized carbons (Fsp3) is 0.267. The van der Waals surface area contributed by atoms with Gasteiger partial charge < -0.3 is 5.11 Å². The van der Waals surface area contributed by atoms with Crippen molar-refractivity contribution in [3.8, 4) is 11.3 Å². The third-order valence-corrected chi connectivity index (χ3v) is 2.88. The normalized spacial score (nSPS) is 10.8. The lowest BCUT2D eigenvalue weighted by Crippen LogP contribution is -1.91. The third kappa shape index (κ3) is 2.71. The number of nitrogens with zero attached hydrogens (tertiary/aromatic N) is 1. The van der Waals surface area contributed by atoms with Crippen LogP contribution < -0.4 is 0 Å². The van der Waals surface area contributed by atoms with E-state index in [1.165, 1.54) is 5.56 Å². The van der Waals surface area contributed by atoms with E-state index in [0.717, 1.165) is 16.8 Å². The van der Waals surface area contributed by atoms with Gasteiger partial charge in [0.2, 0.25) is 0 Å². The predicted molar refractivity (Wildman–Crippen MR) is 69.7 cm³/mol. The van der Waals surface area contributed by atoms with Crippen LogP contribution in [0, 0.1) is 0 Å². The molecule has 0 aliphatic carbocycles. The molecular weight excluding hydrogens is 210 g/mol. The van der Waals surface area contributed by atoms with Crippen LogP contribution in [-0.2, 0) is 6.61 Å². The highest BCUT2D eigenvalue weighted by Crippen LogP contribution is 2.22. The van der Waals surface area contributed by atoms with Gasteiger partial charge in [-0.25, -0.2) is 0 Å². The van der Waals surface area contributed by atoms with E-state index in [0.29, 0.717) is 5.92 Å². The van der Waals surface area contributed by atoms with Gasteiger partial charge in [-0.1, -0.05) is 38.1 Å². The maximum Gasteiger partial charge on any atom is 0.0704 e. The molecule has 0 bridgehead atoms. The summed E-state index contributed by atoms with van der Waals surface area (Å²) in [6, 6.07) is 12.0. The average molecular weight is 227 g/mol. The molecule has 0 amide bonds. The lowest BCUT2D eigenvalue weighted by atomic mass is 10.0. The van der Waals surface area contributed by atoms with Crippen LogP contribution in [0.1, 0.15) is 30.9 Å². The fourth-order valence-corrected chi connectivity index (χ4v) is 1.74. The van der Waals surface area contributed by atoms with E-state index in [4.69, 9.17) is 5.11 Å². The topological polar surface area (TPSA) is 33.1 Å². The van der Waals surface area contributed by atoms with E-state index >= 15 is 0 Å². The van der Waals surface area contributed by atoms with Crippen LogP contribution in [0.3, 0.4) is 0 Å². The Morgan fingerprint density at radius 2 is 1.82 bits per heavy atom. The number of aliphatic hydroxyl groups excluding tert-OH is 1. The second-order valence-corrected chi connectivity index (χ2v) is 4.48. The molecule has 0 aliphatic rings. The number of hydrogen-bond donors (Lipinski definition) is 1. The van der Waals surface area contributed by atoms with Gasteiger partial charge in [0.15, 0.2) is 0 Å². The zero-order valence-electron chi connectivity index (χ0n) is 10.2. The first kappa shape index (κ1) is 11.8. The SMILES string of the molecule is CC(C)c1ccnc(-c2ccc(CO)cc2)c1. The van der Waals surface area contributed by atoms with E-state index in [-0.39, 0.29) is 6.61 Å².